The van der Waals surface area contributed by atoms with Crippen LogP contribution in [0.4, 0.5) is 11.4 Å². The van der Waals surface area contributed by atoms with E-state index in [2.05, 4.69) is 59.0 Å². The Balaban J connectivity index is 0.00000320. The van der Waals surface area contributed by atoms with Crippen molar-refractivity contribution in [2.24, 2.45) is 4.99 Å². The minimum Gasteiger partial charge on any atom is -0.378 e. The maximum absolute atomic E-state index is 12.0. The van der Waals surface area contributed by atoms with E-state index in [1.807, 2.05) is 32.3 Å². The molecule has 0 saturated heterocycles. The minimum atomic E-state index is 0. The first-order valence-electron chi connectivity index (χ1n) is 10.2. The lowest BCUT2D eigenvalue weighted by atomic mass is 9.90. The van der Waals surface area contributed by atoms with Crippen LogP contribution in [0.25, 0.3) is 0 Å². The van der Waals surface area contributed by atoms with Crippen LogP contribution in [0.5, 0.6) is 0 Å². The molecule has 1 aliphatic rings. The summed E-state index contributed by atoms with van der Waals surface area (Å²) in [7, 11) is 4.09. The number of amides is 1. The number of para-hydroxylation sites is 1. The van der Waals surface area contributed by atoms with Crippen LogP contribution in [-0.2, 0) is 11.3 Å². The molecule has 2 aromatic carbocycles. The van der Waals surface area contributed by atoms with Gasteiger partial charge in [0.2, 0.25) is 5.91 Å². The van der Waals surface area contributed by atoms with Gasteiger partial charge in [0.25, 0.3) is 0 Å². The Hall–Kier alpha value is -2.29. The number of carbonyl (C=O) groups excluding carboxylic acids is 1. The summed E-state index contributed by atoms with van der Waals surface area (Å²) in [5.41, 5.74) is 5.71. The van der Waals surface area contributed by atoms with Crippen LogP contribution < -0.4 is 20.9 Å². The van der Waals surface area contributed by atoms with E-state index in [0.717, 1.165) is 18.2 Å². The van der Waals surface area contributed by atoms with E-state index in [1.54, 1.807) is 0 Å². The van der Waals surface area contributed by atoms with Crippen molar-refractivity contribution < 1.29 is 4.79 Å². The van der Waals surface area contributed by atoms with Crippen molar-refractivity contribution in [3.05, 3.63) is 59.2 Å². The zero-order chi connectivity index (χ0) is 20.8. The van der Waals surface area contributed by atoms with Gasteiger partial charge in [-0.05, 0) is 48.7 Å². The third-order valence-corrected chi connectivity index (χ3v) is 5.22. The summed E-state index contributed by atoms with van der Waals surface area (Å²) in [6.45, 7) is 6.23. The Kier molecular flexibility index (Phi) is 8.95. The molecule has 7 heteroatoms. The molecule has 1 aliphatic heterocycles. The summed E-state index contributed by atoms with van der Waals surface area (Å²) in [5, 5.41) is 9.68. The molecule has 0 radical (unpaired) electrons. The average molecular weight is 521 g/mol. The predicted octanol–water partition coefficient (Wildman–Crippen LogP) is 3.86. The molecular weight excluding hydrogens is 489 g/mol. The van der Waals surface area contributed by atoms with Crippen LogP contribution in [0.1, 0.15) is 36.0 Å². The summed E-state index contributed by atoms with van der Waals surface area (Å²) in [6.07, 6.45) is 0.481. The Bertz CT molecular complexity index is 897. The topological polar surface area (TPSA) is 68.8 Å². The van der Waals surface area contributed by atoms with Gasteiger partial charge in [-0.2, -0.15) is 0 Å². The van der Waals surface area contributed by atoms with Gasteiger partial charge in [-0.3, -0.25) is 4.79 Å². The van der Waals surface area contributed by atoms with Gasteiger partial charge in [0, 0.05) is 50.9 Å². The SMILES string of the molecule is CCNC(=NCc1ccc(N(C)C)cc1C)NCC1CC(=O)Nc2ccccc21.I. The maximum Gasteiger partial charge on any atom is 0.225 e. The van der Waals surface area contributed by atoms with Crippen LogP contribution in [0.2, 0.25) is 0 Å². The van der Waals surface area contributed by atoms with E-state index in [4.69, 9.17) is 4.99 Å². The van der Waals surface area contributed by atoms with Crippen molar-refractivity contribution in [3.8, 4) is 0 Å². The zero-order valence-electron chi connectivity index (χ0n) is 18.2. The number of guanidine groups is 1. The highest BCUT2D eigenvalue weighted by Crippen LogP contribution is 2.31. The molecule has 0 aromatic heterocycles. The first-order chi connectivity index (χ1) is 14.0. The van der Waals surface area contributed by atoms with E-state index in [0.29, 0.717) is 19.5 Å². The molecule has 3 N–H and O–H groups in total. The van der Waals surface area contributed by atoms with E-state index in [1.165, 1.54) is 22.4 Å². The molecule has 0 aliphatic carbocycles. The van der Waals surface area contributed by atoms with Crippen molar-refractivity contribution in [1.29, 1.82) is 0 Å². The Morgan fingerprint density at radius 2 is 1.97 bits per heavy atom. The molecule has 0 bridgehead atoms. The fourth-order valence-corrected chi connectivity index (χ4v) is 3.55. The van der Waals surface area contributed by atoms with Gasteiger partial charge in [0.15, 0.2) is 5.96 Å². The van der Waals surface area contributed by atoms with Crippen LogP contribution >= 0.6 is 24.0 Å². The van der Waals surface area contributed by atoms with Crippen molar-refractivity contribution in [2.45, 2.75) is 32.7 Å². The highest BCUT2D eigenvalue weighted by molar-refractivity contribution is 14.0. The fourth-order valence-electron chi connectivity index (χ4n) is 3.55. The van der Waals surface area contributed by atoms with Gasteiger partial charge in [-0.1, -0.05) is 24.3 Å². The second-order valence-electron chi connectivity index (χ2n) is 7.62. The number of hydrogen-bond donors (Lipinski definition) is 3. The molecule has 6 nitrogen and oxygen atoms in total. The van der Waals surface area contributed by atoms with Crippen molar-refractivity contribution >= 4 is 47.2 Å². The predicted molar refractivity (Wildman–Crippen MR) is 136 cm³/mol. The lowest BCUT2D eigenvalue weighted by molar-refractivity contribution is -0.116. The number of nitrogens with one attached hydrogen (secondary N) is 3. The van der Waals surface area contributed by atoms with Gasteiger partial charge in [0.05, 0.1) is 6.54 Å². The highest BCUT2D eigenvalue weighted by Gasteiger charge is 2.24. The Labute approximate surface area is 196 Å². The molecule has 162 valence electrons. The first-order valence-corrected chi connectivity index (χ1v) is 10.2. The summed E-state index contributed by atoms with van der Waals surface area (Å²) >= 11 is 0. The van der Waals surface area contributed by atoms with Gasteiger partial charge >= 0.3 is 0 Å². The van der Waals surface area contributed by atoms with Crippen molar-refractivity contribution in [1.82, 2.24) is 10.6 Å². The average Bonchev–Trinajstić information content (AvgIpc) is 2.70. The van der Waals surface area contributed by atoms with E-state index < -0.39 is 0 Å². The van der Waals surface area contributed by atoms with Crippen LogP contribution in [-0.4, -0.2) is 39.1 Å². The normalized spacial score (nSPS) is 15.5. The van der Waals surface area contributed by atoms with E-state index in [-0.39, 0.29) is 35.8 Å². The van der Waals surface area contributed by atoms with Gasteiger partial charge < -0.3 is 20.9 Å². The summed E-state index contributed by atoms with van der Waals surface area (Å²) in [5.74, 6) is 0.964. The monoisotopic (exact) mass is 521 g/mol. The number of hydrogen-bond acceptors (Lipinski definition) is 3. The second kappa shape index (κ2) is 11.2. The van der Waals surface area contributed by atoms with Crippen molar-refractivity contribution in [2.75, 3.05) is 37.4 Å². The van der Waals surface area contributed by atoms with Gasteiger partial charge in [-0.25, -0.2) is 4.99 Å². The molecule has 0 spiro atoms. The lowest BCUT2D eigenvalue weighted by Gasteiger charge is -2.26. The quantitative estimate of drug-likeness (QED) is 0.307. The first kappa shape index (κ1) is 24.0. The standard InChI is InChI=1S/C23H31N5O.HI/c1-5-24-23(25-14-17-10-11-19(28(3)4)12-16(17)2)26-15-18-13-22(29)27-21-9-7-6-8-20(18)21;/h6-12,18H,5,13-15H2,1-4H3,(H,27,29)(H2,24,25,26);1H. The maximum atomic E-state index is 12.0. The number of halogens is 1. The van der Waals surface area contributed by atoms with Crippen LogP contribution in [0.3, 0.4) is 0 Å². The largest absolute Gasteiger partial charge is 0.378 e. The number of benzene rings is 2. The molecule has 1 atom stereocenters. The van der Waals surface area contributed by atoms with Crippen LogP contribution in [0, 0.1) is 6.92 Å². The highest BCUT2D eigenvalue weighted by atomic mass is 127. The van der Waals surface area contributed by atoms with E-state index >= 15 is 0 Å². The molecule has 30 heavy (non-hydrogen) atoms. The molecule has 0 saturated carbocycles. The van der Waals surface area contributed by atoms with Gasteiger partial charge in [-0.15, -0.1) is 24.0 Å². The minimum absolute atomic E-state index is 0. The van der Waals surface area contributed by atoms with E-state index in [9.17, 15) is 4.79 Å². The third-order valence-electron chi connectivity index (χ3n) is 5.22. The second-order valence-corrected chi connectivity index (χ2v) is 7.62. The molecule has 1 amide bonds. The molecular formula is C23H32IN5O. The Morgan fingerprint density at radius 1 is 1.20 bits per heavy atom. The molecule has 3 rings (SSSR count). The molecule has 0 fully saturated rings. The fraction of sp³-hybridized carbons (Fsp3) is 0.391. The van der Waals surface area contributed by atoms with Gasteiger partial charge in [0.1, 0.15) is 0 Å². The molecule has 2 aromatic rings. The summed E-state index contributed by atoms with van der Waals surface area (Å²) < 4.78 is 0. The lowest BCUT2D eigenvalue weighted by Crippen LogP contribution is -2.40. The summed E-state index contributed by atoms with van der Waals surface area (Å²) in [4.78, 5) is 18.9. The number of aryl methyl sites for hydroxylation is 1. The third kappa shape index (κ3) is 6.10. The Morgan fingerprint density at radius 3 is 2.67 bits per heavy atom. The number of carbonyl (C=O) groups is 1. The number of nitrogens with zero attached hydrogens (tertiary/aromatic N) is 2. The molecule has 1 heterocycles. The van der Waals surface area contributed by atoms with Crippen LogP contribution in [0.15, 0.2) is 47.5 Å². The number of rotatable bonds is 6. The van der Waals surface area contributed by atoms with Crippen molar-refractivity contribution in [3.63, 3.8) is 0 Å². The zero-order valence-corrected chi connectivity index (χ0v) is 20.5. The molecule has 1 unspecified atom stereocenters. The smallest absolute Gasteiger partial charge is 0.225 e. The number of anilines is 2. The summed E-state index contributed by atoms with van der Waals surface area (Å²) in [6, 6.07) is 14.4. The number of fused-ring (bicyclic) bond motifs is 1. The number of aliphatic imine (C=N–C) groups is 1.